The van der Waals surface area contributed by atoms with Gasteiger partial charge in [0.05, 0.1) is 11.4 Å². The fourth-order valence-electron chi connectivity index (χ4n) is 4.90. The van der Waals surface area contributed by atoms with Gasteiger partial charge in [-0.3, -0.25) is 14.4 Å². The van der Waals surface area contributed by atoms with E-state index in [4.69, 9.17) is 0 Å². The summed E-state index contributed by atoms with van der Waals surface area (Å²) in [6, 6.07) is 12.8. The molecule has 0 aromatic heterocycles. The third-order valence-corrected chi connectivity index (χ3v) is 6.68. The van der Waals surface area contributed by atoms with Crippen molar-refractivity contribution in [3.63, 3.8) is 0 Å². The SMILES string of the molecule is O=C(NCc1ccc(C(=O)N2CCCCC2)cc1)c1ccc2c(c1)NC(=O)[C@H]1CCCN21. The molecule has 2 saturated heterocycles. The molecule has 2 aromatic rings. The van der Waals surface area contributed by atoms with Crippen LogP contribution in [0.4, 0.5) is 11.4 Å². The molecule has 0 aliphatic carbocycles. The van der Waals surface area contributed by atoms with Gasteiger partial charge in [0, 0.05) is 37.3 Å². The zero-order chi connectivity index (χ0) is 22.1. The van der Waals surface area contributed by atoms with E-state index in [-0.39, 0.29) is 23.8 Å². The molecule has 2 fully saturated rings. The van der Waals surface area contributed by atoms with Gasteiger partial charge in [0.1, 0.15) is 6.04 Å². The van der Waals surface area contributed by atoms with Crippen molar-refractivity contribution in [2.45, 2.75) is 44.7 Å². The van der Waals surface area contributed by atoms with E-state index in [0.717, 1.165) is 56.6 Å². The van der Waals surface area contributed by atoms with Crippen LogP contribution in [0.5, 0.6) is 0 Å². The Morgan fingerprint density at radius 1 is 0.938 bits per heavy atom. The van der Waals surface area contributed by atoms with Crippen molar-refractivity contribution in [3.8, 4) is 0 Å². The minimum atomic E-state index is -0.195. The van der Waals surface area contributed by atoms with E-state index in [1.165, 1.54) is 6.42 Å². The highest BCUT2D eigenvalue weighted by Crippen LogP contribution is 2.37. The molecule has 2 aromatic carbocycles. The molecule has 32 heavy (non-hydrogen) atoms. The summed E-state index contributed by atoms with van der Waals surface area (Å²) in [5.74, 6) is -0.109. The van der Waals surface area contributed by atoms with Gasteiger partial charge in [-0.25, -0.2) is 0 Å². The number of carbonyl (C=O) groups excluding carboxylic acids is 3. The van der Waals surface area contributed by atoms with Crippen LogP contribution in [0.2, 0.25) is 0 Å². The van der Waals surface area contributed by atoms with Crippen LogP contribution in [0.1, 0.15) is 58.4 Å². The smallest absolute Gasteiger partial charge is 0.253 e. The third-order valence-electron chi connectivity index (χ3n) is 6.68. The van der Waals surface area contributed by atoms with Gasteiger partial charge in [-0.2, -0.15) is 0 Å². The van der Waals surface area contributed by atoms with Crippen molar-refractivity contribution in [1.29, 1.82) is 0 Å². The summed E-state index contributed by atoms with van der Waals surface area (Å²) in [6.07, 6.45) is 5.21. The molecule has 0 spiro atoms. The summed E-state index contributed by atoms with van der Waals surface area (Å²) in [7, 11) is 0. The Labute approximate surface area is 187 Å². The molecule has 3 aliphatic heterocycles. The first-order chi connectivity index (χ1) is 15.6. The number of benzene rings is 2. The summed E-state index contributed by atoms with van der Waals surface area (Å²) >= 11 is 0. The molecule has 5 rings (SSSR count). The number of piperidine rings is 1. The molecule has 0 bridgehead atoms. The lowest BCUT2D eigenvalue weighted by molar-refractivity contribution is -0.117. The van der Waals surface area contributed by atoms with E-state index in [1.807, 2.05) is 35.2 Å². The molecule has 0 saturated carbocycles. The number of likely N-dealkylation sites (tertiary alicyclic amines) is 1. The van der Waals surface area contributed by atoms with Crippen molar-refractivity contribution >= 4 is 29.1 Å². The van der Waals surface area contributed by atoms with Crippen LogP contribution in [0, 0.1) is 0 Å². The number of anilines is 2. The number of hydrogen-bond acceptors (Lipinski definition) is 4. The van der Waals surface area contributed by atoms with Gasteiger partial charge in [0.15, 0.2) is 0 Å². The molecule has 0 radical (unpaired) electrons. The fourth-order valence-corrected chi connectivity index (χ4v) is 4.90. The Kier molecular flexibility index (Phi) is 5.55. The lowest BCUT2D eigenvalue weighted by Gasteiger charge is -2.33. The maximum atomic E-state index is 12.7. The van der Waals surface area contributed by atoms with Crippen LogP contribution in [-0.4, -0.2) is 48.3 Å². The van der Waals surface area contributed by atoms with E-state index >= 15 is 0 Å². The first-order valence-electron chi connectivity index (χ1n) is 11.5. The Morgan fingerprint density at radius 3 is 2.47 bits per heavy atom. The second-order valence-corrected chi connectivity index (χ2v) is 8.81. The van der Waals surface area contributed by atoms with Gasteiger partial charge in [-0.15, -0.1) is 0 Å². The van der Waals surface area contributed by atoms with Crippen LogP contribution in [0.15, 0.2) is 42.5 Å². The Balaban J connectivity index is 1.21. The Bertz CT molecular complexity index is 1040. The lowest BCUT2D eigenvalue weighted by Crippen LogP contribution is -2.44. The van der Waals surface area contributed by atoms with Crippen molar-refractivity contribution in [1.82, 2.24) is 10.2 Å². The summed E-state index contributed by atoms with van der Waals surface area (Å²) in [5.41, 5.74) is 3.81. The molecule has 3 heterocycles. The quantitative estimate of drug-likeness (QED) is 0.778. The van der Waals surface area contributed by atoms with Crippen LogP contribution in [0.25, 0.3) is 0 Å². The van der Waals surface area contributed by atoms with Crippen molar-refractivity contribution < 1.29 is 14.4 Å². The summed E-state index contributed by atoms with van der Waals surface area (Å²) in [5, 5.41) is 5.88. The Morgan fingerprint density at radius 2 is 1.69 bits per heavy atom. The number of fused-ring (bicyclic) bond motifs is 3. The molecular formula is C25H28N4O3. The second kappa shape index (κ2) is 8.65. The molecule has 3 amide bonds. The van der Waals surface area contributed by atoms with Gasteiger partial charge >= 0.3 is 0 Å². The van der Waals surface area contributed by atoms with Crippen molar-refractivity contribution in [2.75, 3.05) is 29.9 Å². The fraction of sp³-hybridized carbons (Fsp3) is 0.400. The van der Waals surface area contributed by atoms with Gasteiger partial charge < -0.3 is 20.4 Å². The average molecular weight is 433 g/mol. The van der Waals surface area contributed by atoms with Crippen molar-refractivity contribution in [2.24, 2.45) is 0 Å². The lowest BCUT2D eigenvalue weighted by atomic mass is 10.1. The van der Waals surface area contributed by atoms with Crippen LogP contribution in [-0.2, 0) is 11.3 Å². The summed E-state index contributed by atoms with van der Waals surface area (Å²) < 4.78 is 0. The maximum Gasteiger partial charge on any atom is 0.253 e. The summed E-state index contributed by atoms with van der Waals surface area (Å²) in [6.45, 7) is 2.90. The molecule has 7 nitrogen and oxygen atoms in total. The van der Waals surface area contributed by atoms with E-state index < -0.39 is 0 Å². The van der Waals surface area contributed by atoms with Crippen LogP contribution >= 0.6 is 0 Å². The zero-order valence-corrected chi connectivity index (χ0v) is 18.1. The van der Waals surface area contributed by atoms with Gasteiger partial charge in [-0.05, 0) is 68.0 Å². The van der Waals surface area contributed by atoms with E-state index in [1.54, 1.807) is 12.1 Å². The van der Waals surface area contributed by atoms with Gasteiger partial charge in [-0.1, -0.05) is 12.1 Å². The number of nitrogens with zero attached hydrogens (tertiary/aromatic N) is 2. The van der Waals surface area contributed by atoms with E-state index in [0.29, 0.717) is 23.4 Å². The summed E-state index contributed by atoms with van der Waals surface area (Å²) in [4.78, 5) is 41.7. The normalized spacial score (nSPS) is 19.8. The Hall–Kier alpha value is -3.35. The second-order valence-electron chi connectivity index (χ2n) is 8.81. The standard InChI is InChI=1S/C25H28N4O3/c30-23(19-10-11-21-20(15-19)27-24(31)22-5-4-14-29(21)22)26-16-17-6-8-18(9-7-17)25(32)28-12-2-1-3-13-28/h6-11,15,22H,1-5,12-14,16H2,(H,26,30)(H,27,31)/t22-/m1/s1. The molecule has 166 valence electrons. The monoisotopic (exact) mass is 432 g/mol. The number of amides is 3. The third kappa shape index (κ3) is 3.95. The van der Waals surface area contributed by atoms with Gasteiger partial charge in [0.25, 0.3) is 11.8 Å². The number of hydrogen-bond donors (Lipinski definition) is 2. The topological polar surface area (TPSA) is 81.8 Å². The minimum Gasteiger partial charge on any atom is -0.358 e. The highest BCUT2D eigenvalue weighted by molar-refractivity contribution is 6.06. The highest BCUT2D eigenvalue weighted by Gasteiger charge is 2.36. The zero-order valence-electron chi connectivity index (χ0n) is 18.1. The van der Waals surface area contributed by atoms with Crippen molar-refractivity contribution in [3.05, 3.63) is 59.2 Å². The predicted molar refractivity (Wildman–Crippen MR) is 123 cm³/mol. The maximum absolute atomic E-state index is 12.7. The van der Waals surface area contributed by atoms with Crippen LogP contribution in [0.3, 0.4) is 0 Å². The molecule has 1 atom stereocenters. The number of rotatable bonds is 4. The molecular weight excluding hydrogens is 404 g/mol. The molecule has 2 N–H and O–H groups in total. The number of carbonyl (C=O) groups is 3. The van der Waals surface area contributed by atoms with Gasteiger partial charge in [0.2, 0.25) is 5.91 Å². The highest BCUT2D eigenvalue weighted by atomic mass is 16.2. The van der Waals surface area contributed by atoms with E-state index in [2.05, 4.69) is 15.5 Å². The first kappa shape index (κ1) is 20.5. The van der Waals surface area contributed by atoms with Crippen LogP contribution < -0.4 is 15.5 Å². The van der Waals surface area contributed by atoms with E-state index in [9.17, 15) is 14.4 Å². The molecule has 3 aliphatic rings. The number of nitrogens with one attached hydrogen (secondary N) is 2. The molecule has 0 unspecified atom stereocenters. The minimum absolute atomic E-state index is 0.00625. The molecule has 7 heteroatoms. The average Bonchev–Trinajstić information content (AvgIpc) is 3.34. The largest absolute Gasteiger partial charge is 0.358 e. The predicted octanol–water partition coefficient (Wildman–Crippen LogP) is 3.16. The first-order valence-corrected chi connectivity index (χ1v) is 11.5.